The lowest BCUT2D eigenvalue weighted by molar-refractivity contribution is -0.472. The summed E-state index contributed by atoms with van der Waals surface area (Å²) in [5, 5.41) is 14.6. The number of hydrogen-bond acceptors (Lipinski definition) is 12. The Labute approximate surface area is 190 Å². The number of halogens is 1. The van der Waals surface area contributed by atoms with Crippen LogP contribution in [0.25, 0.3) is 0 Å². The van der Waals surface area contributed by atoms with Crippen molar-refractivity contribution >= 4 is 42.4 Å². The third kappa shape index (κ3) is 8.28. The number of nitrogens with one attached hydrogen (secondary N) is 1. The molecule has 2 heterocycles. The second-order valence-electron chi connectivity index (χ2n) is 6.71. The summed E-state index contributed by atoms with van der Waals surface area (Å²) >= 11 is 1.73. The first-order chi connectivity index (χ1) is 15.0. The number of nitrogens with zero attached hydrogens (tertiary/aromatic N) is 2. The fourth-order valence-electron chi connectivity index (χ4n) is 2.43. The van der Waals surface area contributed by atoms with E-state index in [2.05, 4.69) is 29.4 Å². The number of alkyl halides is 1. The van der Waals surface area contributed by atoms with Gasteiger partial charge in [0.25, 0.3) is 5.24 Å². The number of amides is 1. The summed E-state index contributed by atoms with van der Waals surface area (Å²) in [7, 11) is -4.64. The first-order valence-corrected chi connectivity index (χ1v) is 12.6. The molecule has 1 aromatic rings. The van der Waals surface area contributed by atoms with E-state index in [0.717, 1.165) is 28.1 Å². The molecule has 0 radical (unpaired) electrons. The number of carbonyl (C=O) groups excluding carboxylic acids is 1. The van der Waals surface area contributed by atoms with Crippen LogP contribution in [0.1, 0.15) is 19.2 Å². The molecule has 17 heteroatoms. The Morgan fingerprint density at radius 2 is 2.25 bits per heavy atom. The van der Waals surface area contributed by atoms with Gasteiger partial charge in [-0.2, -0.15) is 4.98 Å². The van der Waals surface area contributed by atoms with Crippen molar-refractivity contribution in [3.8, 4) is 0 Å². The molecule has 1 aliphatic heterocycles. The number of anilines is 1. The van der Waals surface area contributed by atoms with Crippen LogP contribution in [0, 0.1) is 0 Å². The van der Waals surface area contributed by atoms with Crippen molar-refractivity contribution in [1.82, 2.24) is 14.9 Å². The van der Waals surface area contributed by atoms with Crippen molar-refractivity contribution < 1.29 is 42.9 Å². The van der Waals surface area contributed by atoms with E-state index < -0.39 is 43.0 Å². The zero-order chi connectivity index (χ0) is 23.9. The van der Waals surface area contributed by atoms with E-state index in [1.54, 1.807) is 13.8 Å². The molecule has 1 amide bonds. The first-order valence-electron chi connectivity index (χ1n) is 9.21. The third-order valence-corrected chi connectivity index (χ3v) is 6.84. The molecule has 2 rings (SSSR count). The van der Waals surface area contributed by atoms with Crippen LogP contribution in [-0.2, 0) is 23.7 Å². The topological polar surface area (TPSA) is 184 Å². The number of phosphoric acid groups is 1. The number of rotatable bonds is 11. The molecule has 5 atom stereocenters. The second kappa shape index (κ2) is 12.3. The highest BCUT2D eigenvalue weighted by atomic mass is 32.2. The molecule has 0 saturated carbocycles. The molecule has 32 heavy (non-hydrogen) atoms. The lowest BCUT2D eigenvalue weighted by atomic mass is 10.1. The number of carbonyl (C=O) groups is 1. The molecule has 1 fully saturated rings. The van der Waals surface area contributed by atoms with Crippen molar-refractivity contribution in [3.63, 3.8) is 0 Å². The number of nitrogen functional groups attached to an aromatic ring is 1. The summed E-state index contributed by atoms with van der Waals surface area (Å²) in [6.07, 6.45) is -2.09. The Morgan fingerprint density at radius 1 is 1.53 bits per heavy atom. The zero-order valence-corrected chi connectivity index (χ0v) is 19.6. The molecule has 0 bridgehead atoms. The lowest BCUT2D eigenvalue weighted by Crippen LogP contribution is -2.33. The Hall–Kier alpha value is -1.23. The highest BCUT2D eigenvalue weighted by molar-refractivity contribution is 8.13. The average Bonchev–Trinajstić information content (AvgIpc) is 2.96. The van der Waals surface area contributed by atoms with Crippen LogP contribution in [-0.4, -0.2) is 67.3 Å². The summed E-state index contributed by atoms with van der Waals surface area (Å²) in [6.45, 7) is 2.84. The normalized spacial score (nSPS) is 25.1. The van der Waals surface area contributed by atoms with E-state index in [1.807, 2.05) is 0 Å². The number of phosphoric ester groups is 1. The largest absolute Gasteiger partial charge is 0.501 e. The molecule has 5 N–H and O–H groups in total. The monoisotopic (exact) mass is 518 g/mol. The lowest BCUT2D eigenvalue weighted by Gasteiger charge is -2.15. The van der Waals surface area contributed by atoms with Gasteiger partial charge in [-0.15, -0.1) is 11.8 Å². The van der Waals surface area contributed by atoms with Crippen LogP contribution in [0.3, 0.4) is 0 Å². The zero-order valence-electron chi connectivity index (χ0n) is 17.0. The van der Waals surface area contributed by atoms with E-state index in [9.17, 15) is 28.5 Å². The highest BCUT2D eigenvalue weighted by Crippen LogP contribution is 2.45. The van der Waals surface area contributed by atoms with Gasteiger partial charge in [0.15, 0.2) is 6.17 Å². The summed E-state index contributed by atoms with van der Waals surface area (Å²) in [5.41, 5.74) is 4.62. The maximum Gasteiger partial charge on any atom is 0.501 e. The van der Waals surface area contributed by atoms with Crippen LogP contribution in [0.5, 0.6) is 0 Å². The van der Waals surface area contributed by atoms with Gasteiger partial charge in [-0.05, 0) is 19.9 Å². The Balaban J connectivity index is 1.72. The molecular weight excluding hydrogens is 494 g/mol. The van der Waals surface area contributed by atoms with Crippen molar-refractivity contribution in [1.29, 1.82) is 0 Å². The second-order valence-corrected chi connectivity index (χ2v) is 10.5. The SMILES string of the molecule is CC(C)NC(=O)SCCOP(=O)(O)OOOC[C@H]1S[C@@H](n2ccc(N)nc2=O)[C@@H](F)[C@@H]1O. The number of aliphatic hydroxyl groups excluding tert-OH is 1. The predicted molar refractivity (Wildman–Crippen MR) is 114 cm³/mol. The predicted octanol–water partition coefficient (Wildman–Crippen LogP) is 0.986. The van der Waals surface area contributed by atoms with Gasteiger partial charge in [0.05, 0.1) is 18.5 Å². The third-order valence-electron chi connectivity index (χ3n) is 3.80. The summed E-state index contributed by atoms with van der Waals surface area (Å²) in [6, 6.07) is 1.27. The molecule has 0 aliphatic carbocycles. The number of hydrogen-bond donors (Lipinski definition) is 4. The maximum absolute atomic E-state index is 14.4. The Kier molecular flexibility index (Phi) is 10.4. The van der Waals surface area contributed by atoms with Crippen LogP contribution in [0.2, 0.25) is 0 Å². The number of nitrogens with two attached hydrogens (primary N) is 1. The average molecular weight is 518 g/mol. The van der Waals surface area contributed by atoms with Gasteiger partial charge in [0, 0.05) is 18.0 Å². The summed E-state index contributed by atoms with van der Waals surface area (Å²) in [5.74, 6) is 0.0559. The van der Waals surface area contributed by atoms with E-state index in [1.165, 1.54) is 12.3 Å². The van der Waals surface area contributed by atoms with Crippen molar-refractivity contribution in [3.05, 3.63) is 22.7 Å². The molecule has 182 valence electrons. The maximum atomic E-state index is 14.4. The number of aliphatic hydroxyl groups is 1. The molecule has 1 unspecified atom stereocenters. The fourth-order valence-corrected chi connectivity index (χ4v) is 5.11. The van der Waals surface area contributed by atoms with Gasteiger partial charge in [0.1, 0.15) is 17.3 Å². The van der Waals surface area contributed by atoms with Gasteiger partial charge in [-0.3, -0.25) is 13.9 Å². The fraction of sp³-hybridized carbons (Fsp3) is 0.667. The van der Waals surface area contributed by atoms with Crippen molar-refractivity contribution in [2.45, 2.75) is 42.8 Å². The summed E-state index contributed by atoms with van der Waals surface area (Å²) < 4.78 is 35.9. The minimum absolute atomic E-state index is 0.0243. The van der Waals surface area contributed by atoms with Crippen LogP contribution in [0.15, 0.2) is 17.1 Å². The van der Waals surface area contributed by atoms with Gasteiger partial charge >= 0.3 is 13.5 Å². The molecule has 1 saturated heterocycles. The van der Waals surface area contributed by atoms with Crippen molar-refractivity contribution in [2.75, 3.05) is 24.7 Å². The van der Waals surface area contributed by atoms with Gasteiger partial charge in [-0.25, -0.2) is 18.6 Å². The minimum Gasteiger partial charge on any atom is -0.389 e. The highest BCUT2D eigenvalue weighted by Gasteiger charge is 2.45. The van der Waals surface area contributed by atoms with Gasteiger partial charge in [0.2, 0.25) is 0 Å². The molecule has 0 aromatic carbocycles. The van der Waals surface area contributed by atoms with E-state index in [-0.39, 0.29) is 29.5 Å². The Bertz CT molecular complexity index is 880. The standard InChI is InChI=1S/C15H24FN4O9PS2/c1-8(2)18-15(23)31-6-5-27-30(24,25)29-28-26-7-9-12(21)11(16)13(32-9)20-4-3-10(17)19-14(20)22/h3-4,8-9,11-13,21H,5-7H2,1-2H3,(H,18,23)(H,24,25)(H2,17,19,22)/t9-,11+,12-,13-/m1/s1. The van der Waals surface area contributed by atoms with E-state index in [4.69, 9.17) is 5.73 Å². The van der Waals surface area contributed by atoms with Gasteiger partial charge in [-0.1, -0.05) is 21.5 Å². The smallest absolute Gasteiger partial charge is 0.389 e. The van der Waals surface area contributed by atoms with Gasteiger partial charge < -0.3 is 21.1 Å². The van der Waals surface area contributed by atoms with E-state index in [0.29, 0.717) is 0 Å². The van der Waals surface area contributed by atoms with Crippen LogP contribution >= 0.6 is 31.3 Å². The van der Waals surface area contributed by atoms with Crippen LogP contribution < -0.4 is 16.7 Å². The Morgan fingerprint density at radius 3 is 2.91 bits per heavy atom. The number of thioether (sulfide) groups is 2. The minimum atomic E-state index is -4.64. The molecule has 1 aromatic heterocycles. The molecule has 13 nitrogen and oxygen atoms in total. The van der Waals surface area contributed by atoms with E-state index >= 15 is 0 Å². The quantitative estimate of drug-likeness (QED) is 0.141. The van der Waals surface area contributed by atoms with Crippen molar-refractivity contribution in [2.24, 2.45) is 0 Å². The molecule has 0 spiro atoms. The van der Waals surface area contributed by atoms with Crippen LogP contribution in [0.4, 0.5) is 15.0 Å². The number of aromatic nitrogens is 2. The summed E-state index contributed by atoms with van der Waals surface area (Å²) in [4.78, 5) is 40.9. The molecule has 1 aliphatic rings. The molecular formula is C15H24FN4O9PS2. The first kappa shape index (κ1) is 27.0.